The fraction of sp³-hybridized carbons (Fsp3) is 0.235. The standard InChI is InChI=1S/C17H18N2O4/c1-23-14-6-4-13(5-7-14)16(20)9-15(17(21)22)19-11-12-3-2-8-18-10-12/h2-8,10,15,19H,9,11H2,1H3,(H,21,22)/t15-/m0/s1. The van der Waals surface area contributed by atoms with Crippen molar-refractivity contribution >= 4 is 11.8 Å². The third-order valence-electron chi connectivity index (χ3n) is 3.48. The van der Waals surface area contributed by atoms with Gasteiger partial charge in [0.05, 0.1) is 19.5 Å². The lowest BCUT2D eigenvalue weighted by atomic mass is 10.0. The van der Waals surface area contributed by atoms with Crippen molar-refractivity contribution in [3.63, 3.8) is 0 Å². The Morgan fingerprint density at radius 3 is 2.57 bits per heavy atom. The lowest BCUT2D eigenvalue weighted by molar-refractivity contribution is -0.697. The summed E-state index contributed by atoms with van der Waals surface area (Å²) in [5.41, 5.74) is 1.34. The number of nitrogens with two attached hydrogens (primary N) is 1. The van der Waals surface area contributed by atoms with Gasteiger partial charge in [-0.3, -0.25) is 9.78 Å². The van der Waals surface area contributed by atoms with Crippen molar-refractivity contribution in [3.05, 3.63) is 59.9 Å². The number of carbonyl (C=O) groups is 2. The highest BCUT2D eigenvalue weighted by Gasteiger charge is 2.19. The lowest BCUT2D eigenvalue weighted by Crippen LogP contribution is -2.92. The van der Waals surface area contributed by atoms with Crippen LogP contribution in [-0.2, 0) is 11.3 Å². The second kappa shape index (κ2) is 8.05. The summed E-state index contributed by atoms with van der Waals surface area (Å²) in [5, 5.41) is 12.8. The van der Waals surface area contributed by atoms with Crippen LogP contribution in [0, 0.1) is 0 Å². The summed E-state index contributed by atoms with van der Waals surface area (Å²) in [6.45, 7) is 0.419. The van der Waals surface area contributed by atoms with Crippen LogP contribution in [0.5, 0.6) is 5.75 Å². The van der Waals surface area contributed by atoms with Crippen molar-refractivity contribution in [1.29, 1.82) is 0 Å². The van der Waals surface area contributed by atoms with Crippen LogP contribution >= 0.6 is 0 Å². The normalized spacial score (nSPS) is 11.7. The third-order valence-corrected chi connectivity index (χ3v) is 3.48. The second-order valence-electron chi connectivity index (χ2n) is 5.08. The molecule has 0 spiro atoms. The van der Waals surface area contributed by atoms with Gasteiger partial charge in [-0.25, -0.2) is 0 Å². The molecule has 6 nitrogen and oxygen atoms in total. The van der Waals surface area contributed by atoms with Crippen LogP contribution in [0.25, 0.3) is 0 Å². The smallest absolute Gasteiger partial charge is 0.169 e. The first-order valence-corrected chi connectivity index (χ1v) is 7.20. The Kier molecular flexibility index (Phi) is 5.82. The van der Waals surface area contributed by atoms with Crippen LogP contribution in [0.2, 0.25) is 0 Å². The van der Waals surface area contributed by atoms with E-state index in [-0.39, 0.29) is 12.2 Å². The molecule has 2 aromatic rings. The van der Waals surface area contributed by atoms with Crippen LogP contribution in [0.15, 0.2) is 48.8 Å². The molecular formula is C17H18N2O4. The molecule has 23 heavy (non-hydrogen) atoms. The number of aromatic nitrogens is 1. The van der Waals surface area contributed by atoms with E-state index in [1.165, 1.54) is 7.11 Å². The van der Waals surface area contributed by atoms with E-state index in [0.29, 0.717) is 17.9 Å². The number of carboxylic acids is 1. The van der Waals surface area contributed by atoms with Crippen LogP contribution in [0.4, 0.5) is 0 Å². The molecule has 0 fully saturated rings. The summed E-state index contributed by atoms with van der Waals surface area (Å²) in [6, 6.07) is 9.26. The summed E-state index contributed by atoms with van der Waals surface area (Å²) in [7, 11) is 1.54. The van der Waals surface area contributed by atoms with Crippen molar-refractivity contribution in [2.24, 2.45) is 0 Å². The van der Waals surface area contributed by atoms with Gasteiger partial charge >= 0.3 is 0 Å². The van der Waals surface area contributed by atoms with Crippen molar-refractivity contribution in [1.82, 2.24) is 4.98 Å². The summed E-state index contributed by atoms with van der Waals surface area (Å²) in [5.74, 6) is -0.860. The largest absolute Gasteiger partial charge is 0.544 e. The van der Waals surface area contributed by atoms with Crippen LogP contribution in [0.1, 0.15) is 22.3 Å². The number of rotatable bonds is 8. The van der Waals surface area contributed by atoms with E-state index in [1.807, 2.05) is 6.07 Å². The maximum atomic E-state index is 12.2. The van der Waals surface area contributed by atoms with E-state index in [4.69, 9.17) is 4.74 Å². The first kappa shape index (κ1) is 16.6. The van der Waals surface area contributed by atoms with Gasteiger partial charge in [-0.05, 0) is 30.3 Å². The lowest BCUT2D eigenvalue weighted by Gasteiger charge is -2.16. The van der Waals surface area contributed by atoms with Crippen LogP contribution in [-0.4, -0.2) is 29.9 Å². The fourth-order valence-corrected chi connectivity index (χ4v) is 2.15. The number of Topliss-reactive ketones (excluding diaryl/α,β-unsaturated/α-hetero) is 1. The topological polar surface area (TPSA) is 95.9 Å². The van der Waals surface area contributed by atoms with Gasteiger partial charge in [0.25, 0.3) is 0 Å². The zero-order valence-electron chi connectivity index (χ0n) is 12.8. The van der Waals surface area contributed by atoms with E-state index < -0.39 is 12.0 Å². The number of hydrogen-bond acceptors (Lipinski definition) is 5. The van der Waals surface area contributed by atoms with Crippen molar-refractivity contribution in [2.75, 3.05) is 7.11 Å². The SMILES string of the molecule is COc1ccc(C(=O)C[C@H]([NH2+]Cc2cccnc2)C(=O)[O-])cc1. The molecule has 1 aromatic carbocycles. The maximum absolute atomic E-state index is 12.2. The molecule has 120 valence electrons. The number of hydrogen-bond donors (Lipinski definition) is 1. The highest BCUT2D eigenvalue weighted by Crippen LogP contribution is 2.13. The van der Waals surface area contributed by atoms with Gasteiger partial charge in [-0.2, -0.15) is 0 Å². The number of carboxylic acid groups (broad SMARTS) is 1. The predicted molar refractivity (Wildman–Crippen MR) is 80.6 cm³/mol. The molecule has 0 aliphatic heterocycles. The van der Waals surface area contributed by atoms with E-state index in [1.54, 1.807) is 48.0 Å². The quantitative estimate of drug-likeness (QED) is 0.666. The number of methoxy groups -OCH3 is 1. The molecule has 0 aliphatic carbocycles. The monoisotopic (exact) mass is 314 g/mol. The Bertz CT molecular complexity index is 656. The first-order chi connectivity index (χ1) is 11.1. The zero-order chi connectivity index (χ0) is 16.7. The average molecular weight is 314 g/mol. The summed E-state index contributed by atoms with van der Waals surface area (Å²) in [4.78, 5) is 27.4. The minimum absolute atomic E-state index is 0.130. The molecule has 0 amide bonds. The zero-order valence-corrected chi connectivity index (χ0v) is 12.8. The van der Waals surface area contributed by atoms with Gasteiger partial charge < -0.3 is 20.0 Å². The number of ketones is 1. The van der Waals surface area contributed by atoms with Gasteiger partial charge in [-0.15, -0.1) is 0 Å². The highest BCUT2D eigenvalue weighted by molar-refractivity contribution is 5.98. The van der Waals surface area contributed by atoms with Crippen molar-refractivity contribution in [2.45, 2.75) is 19.0 Å². The summed E-state index contributed by atoms with van der Waals surface area (Å²) in [6.07, 6.45) is 3.18. The molecule has 0 saturated heterocycles. The summed E-state index contributed by atoms with van der Waals surface area (Å²) < 4.78 is 5.03. The van der Waals surface area contributed by atoms with E-state index in [9.17, 15) is 14.7 Å². The Morgan fingerprint density at radius 1 is 1.26 bits per heavy atom. The van der Waals surface area contributed by atoms with Crippen LogP contribution < -0.4 is 15.2 Å². The molecule has 0 unspecified atom stereocenters. The molecule has 1 heterocycles. The van der Waals surface area contributed by atoms with E-state index in [2.05, 4.69) is 4.98 Å². The molecule has 0 aliphatic rings. The third kappa shape index (κ3) is 4.89. The molecule has 0 saturated carbocycles. The van der Waals surface area contributed by atoms with Gasteiger partial charge in [0.1, 0.15) is 18.3 Å². The molecule has 0 bridgehead atoms. The molecule has 0 radical (unpaired) electrons. The van der Waals surface area contributed by atoms with Gasteiger partial charge in [0.15, 0.2) is 5.78 Å². The van der Waals surface area contributed by atoms with Gasteiger partial charge in [0, 0.05) is 23.5 Å². The fourth-order valence-electron chi connectivity index (χ4n) is 2.15. The molecular weight excluding hydrogens is 296 g/mol. The molecule has 2 rings (SSSR count). The van der Waals surface area contributed by atoms with Crippen LogP contribution in [0.3, 0.4) is 0 Å². The molecule has 6 heteroatoms. The molecule has 1 atom stereocenters. The first-order valence-electron chi connectivity index (χ1n) is 7.20. The number of aliphatic carboxylic acids is 1. The van der Waals surface area contributed by atoms with E-state index in [0.717, 1.165) is 5.56 Å². The van der Waals surface area contributed by atoms with Crippen molar-refractivity contribution in [3.8, 4) is 5.75 Å². The maximum Gasteiger partial charge on any atom is 0.169 e. The number of nitrogens with zero attached hydrogens (tertiary/aromatic N) is 1. The number of ether oxygens (including phenoxy) is 1. The second-order valence-corrected chi connectivity index (χ2v) is 5.08. The van der Waals surface area contributed by atoms with Gasteiger partial charge in [-0.1, -0.05) is 6.07 Å². The Labute approximate surface area is 134 Å². The number of pyridine rings is 1. The predicted octanol–water partition coefficient (Wildman–Crippen LogP) is -0.455. The van der Waals surface area contributed by atoms with Gasteiger partial charge in [0.2, 0.25) is 0 Å². The minimum atomic E-state index is -1.25. The number of carbonyl (C=O) groups excluding carboxylic acids is 2. The molecule has 1 aromatic heterocycles. The average Bonchev–Trinajstić information content (AvgIpc) is 2.59. The Hall–Kier alpha value is -2.73. The Morgan fingerprint density at radius 2 is 2.00 bits per heavy atom. The number of quaternary nitrogens is 1. The highest BCUT2D eigenvalue weighted by atomic mass is 16.5. The van der Waals surface area contributed by atoms with E-state index >= 15 is 0 Å². The summed E-state index contributed by atoms with van der Waals surface area (Å²) >= 11 is 0. The molecule has 2 N–H and O–H groups in total. The minimum Gasteiger partial charge on any atom is -0.544 e. The number of benzene rings is 1. The Balaban J connectivity index is 1.97. The van der Waals surface area contributed by atoms with Crippen molar-refractivity contribution < 1.29 is 24.7 Å².